The lowest BCUT2D eigenvalue weighted by Crippen LogP contribution is -2.44. The predicted molar refractivity (Wildman–Crippen MR) is 129 cm³/mol. The second kappa shape index (κ2) is 9.55. The smallest absolute Gasteiger partial charge is 0.224 e. The van der Waals surface area contributed by atoms with Crippen molar-refractivity contribution in [3.63, 3.8) is 0 Å². The van der Waals surface area contributed by atoms with E-state index in [1.807, 2.05) is 0 Å². The Labute approximate surface area is 205 Å². The van der Waals surface area contributed by atoms with Gasteiger partial charge in [0.15, 0.2) is 0 Å². The molecule has 2 N–H and O–H groups in total. The molecule has 4 atom stereocenters. The molecule has 3 aliphatic carbocycles. The average molecular weight is 491 g/mol. The zero-order valence-electron chi connectivity index (χ0n) is 18.9. The van der Waals surface area contributed by atoms with Gasteiger partial charge in [-0.25, -0.2) is 4.98 Å². The average Bonchev–Trinajstić information content (AvgIpc) is 3.14. The van der Waals surface area contributed by atoms with E-state index in [1.165, 1.54) is 25.9 Å². The number of amides is 2. The number of nitrogens with one attached hydrogen (secondary N) is 2. The third kappa shape index (κ3) is 4.67. The number of allylic oxidation sites excluding steroid dienone is 2. The van der Waals surface area contributed by atoms with Gasteiger partial charge in [-0.1, -0.05) is 35.4 Å². The molecule has 0 radical (unpaired) electrons. The van der Waals surface area contributed by atoms with Gasteiger partial charge < -0.3 is 15.5 Å². The summed E-state index contributed by atoms with van der Waals surface area (Å²) in [6.45, 7) is 4.53. The van der Waals surface area contributed by atoms with E-state index >= 15 is 0 Å². The van der Waals surface area contributed by atoms with Crippen LogP contribution in [0.3, 0.4) is 0 Å². The van der Waals surface area contributed by atoms with Crippen LogP contribution in [0.2, 0.25) is 10.3 Å². The quantitative estimate of drug-likeness (QED) is 0.313. The van der Waals surface area contributed by atoms with Gasteiger partial charge in [0.2, 0.25) is 11.8 Å². The van der Waals surface area contributed by atoms with E-state index in [9.17, 15) is 9.59 Å². The minimum absolute atomic E-state index is 0.0365. The third-order valence-corrected chi connectivity index (χ3v) is 8.52. The van der Waals surface area contributed by atoms with E-state index in [4.69, 9.17) is 23.2 Å². The molecule has 2 heterocycles. The summed E-state index contributed by atoms with van der Waals surface area (Å²) in [5.41, 5.74) is 0.926. The van der Waals surface area contributed by atoms with E-state index in [-0.39, 0.29) is 40.9 Å². The highest BCUT2D eigenvalue weighted by molar-refractivity contribution is 6.32. The Morgan fingerprint density at radius 2 is 1.58 bits per heavy atom. The molecule has 4 aliphatic rings. The van der Waals surface area contributed by atoms with Crippen LogP contribution in [0.25, 0.3) is 0 Å². The maximum Gasteiger partial charge on any atom is 0.224 e. The van der Waals surface area contributed by atoms with Crippen LogP contribution < -0.4 is 10.6 Å². The number of hydrogen-bond acceptors (Lipinski definition) is 4. The second-order valence-corrected chi connectivity index (χ2v) is 10.9. The van der Waals surface area contributed by atoms with Crippen LogP contribution in [-0.2, 0) is 16.1 Å². The molecule has 0 aromatic carbocycles. The monoisotopic (exact) mass is 490 g/mol. The molecule has 2 saturated carbocycles. The third-order valence-electron chi connectivity index (χ3n) is 8.14. The first kappa shape index (κ1) is 23.1. The van der Waals surface area contributed by atoms with E-state index < -0.39 is 0 Å². The number of pyridine rings is 1. The summed E-state index contributed by atoms with van der Waals surface area (Å²) in [5, 5.41) is 6.79. The van der Waals surface area contributed by atoms with Gasteiger partial charge in [-0.2, -0.15) is 0 Å². The van der Waals surface area contributed by atoms with Gasteiger partial charge in [-0.05, 0) is 93.1 Å². The van der Waals surface area contributed by atoms with E-state index in [1.54, 1.807) is 12.1 Å². The molecule has 33 heavy (non-hydrogen) atoms. The first-order valence-electron chi connectivity index (χ1n) is 12.3. The lowest BCUT2D eigenvalue weighted by Gasteiger charge is -2.26. The zero-order valence-corrected chi connectivity index (χ0v) is 20.4. The lowest BCUT2D eigenvalue weighted by atomic mass is 9.81. The zero-order chi connectivity index (χ0) is 23.0. The number of unbranched alkanes of at least 4 members (excludes halogenated alkanes) is 1. The summed E-state index contributed by atoms with van der Waals surface area (Å²) in [4.78, 5) is 33.0. The maximum absolute atomic E-state index is 13.3. The Kier molecular flexibility index (Phi) is 6.69. The molecular weight excluding hydrogens is 459 g/mol. The van der Waals surface area contributed by atoms with Gasteiger partial charge >= 0.3 is 0 Å². The molecule has 2 bridgehead atoms. The van der Waals surface area contributed by atoms with Crippen molar-refractivity contribution < 1.29 is 9.59 Å². The van der Waals surface area contributed by atoms with Gasteiger partial charge in [0.1, 0.15) is 10.3 Å². The van der Waals surface area contributed by atoms with Crippen LogP contribution in [-0.4, -0.2) is 47.9 Å². The SMILES string of the molecule is O=C(NCCCCN1CCCC1)[C@H]1[C@H](C(=O)NCc2cc(Cl)nc(Cl)c2)[C@@H]2C=C[C@H]1C21CC1. The fourth-order valence-corrected chi connectivity index (χ4v) is 6.93. The Morgan fingerprint density at radius 3 is 2.18 bits per heavy atom. The van der Waals surface area contributed by atoms with Gasteiger partial charge in [0.05, 0.1) is 11.8 Å². The molecule has 2 amide bonds. The number of likely N-dealkylation sites (tertiary alicyclic amines) is 1. The molecule has 5 rings (SSSR count). The summed E-state index contributed by atoms with van der Waals surface area (Å²) >= 11 is 12.0. The lowest BCUT2D eigenvalue weighted by molar-refractivity contribution is -0.135. The Balaban J connectivity index is 1.18. The fourth-order valence-electron chi connectivity index (χ4n) is 6.43. The van der Waals surface area contributed by atoms with Crippen LogP contribution in [0, 0.1) is 29.1 Å². The van der Waals surface area contributed by atoms with Crippen LogP contribution in [0.4, 0.5) is 0 Å². The molecule has 0 unspecified atom stereocenters. The van der Waals surface area contributed by atoms with Crippen molar-refractivity contribution in [1.29, 1.82) is 0 Å². The minimum atomic E-state index is -0.320. The van der Waals surface area contributed by atoms with Gasteiger partial charge in [-0.15, -0.1) is 0 Å². The standard InChI is InChI=1S/C25H32Cl2N4O2/c26-19-13-16(14-20(27)30-19)15-29-24(33)22-18-6-5-17(25(18)7-8-25)21(22)23(32)28-9-1-2-10-31-11-3-4-12-31/h5-6,13-14,17-18,21-22H,1-4,7-12,15H2,(H,28,32)(H,29,33)/t17-,18+,21-,22-/m1/s1. The number of halogens is 2. The predicted octanol–water partition coefficient (Wildman–Crippen LogP) is 3.83. The number of rotatable bonds is 9. The van der Waals surface area contributed by atoms with Crippen LogP contribution >= 0.6 is 23.2 Å². The molecule has 8 heteroatoms. The molecule has 1 aromatic rings. The number of carbonyl (C=O) groups is 2. The maximum atomic E-state index is 13.3. The van der Waals surface area contributed by atoms with E-state index in [0.29, 0.717) is 23.4 Å². The summed E-state index contributed by atoms with van der Waals surface area (Å²) in [5.74, 6) is -0.304. The highest BCUT2D eigenvalue weighted by atomic mass is 35.5. The summed E-state index contributed by atoms with van der Waals surface area (Å²) in [6, 6.07) is 3.40. The van der Waals surface area contributed by atoms with Crippen molar-refractivity contribution >= 4 is 35.0 Å². The first-order valence-corrected chi connectivity index (χ1v) is 13.0. The van der Waals surface area contributed by atoms with Gasteiger partial charge in [0.25, 0.3) is 0 Å². The number of aromatic nitrogens is 1. The van der Waals surface area contributed by atoms with Gasteiger partial charge in [0, 0.05) is 13.1 Å². The molecule has 6 nitrogen and oxygen atoms in total. The Morgan fingerprint density at radius 1 is 0.970 bits per heavy atom. The number of nitrogens with zero attached hydrogens (tertiary/aromatic N) is 2. The molecule has 1 aliphatic heterocycles. The van der Waals surface area contributed by atoms with Crippen LogP contribution in [0.1, 0.15) is 44.1 Å². The summed E-state index contributed by atoms with van der Waals surface area (Å²) in [7, 11) is 0. The summed E-state index contributed by atoms with van der Waals surface area (Å²) < 4.78 is 0. The molecule has 1 saturated heterocycles. The number of carbonyl (C=O) groups excluding carboxylic acids is 2. The van der Waals surface area contributed by atoms with Crippen molar-refractivity contribution in [3.8, 4) is 0 Å². The molecular formula is C25H32Cl2N4O2. The molecule has 3 fully saturated rings. The highest BCUT2D eigenvalue weighted by Crippen LogP contribution is 2.72. The van der Waals surface area contributed by atoms with Crippen molar-refractivity contribution in [2.24, 2.45) is 29.1 Å². The van der Waals surface area contributed by atoms with Crippen LogP contribution in [0.5, 0.6) is 0 Å². The van der Waals surface area contributed by atoms with Crippen molar-refractivity contribution in [1.82, 2.24) is 20.5 Å². The Hall–Kier alpha value is -1.63. The van der Waals surface area contributed by atoms with Crippen molar-refractivity contribution in [2.75, 3.05) is 26.2 Å². The molecule has 178 valence electrons. The minimum Gasteiger partial charge on any atom is -0.356 e. The van der Waals surface area contributed by atoms with Crippen LogP contribution in [0.15, 0.2) is 24.3 Å². The summed E-state index contributed by atoms with van der Waals surface area (Å²) in [6.07, 6.45) is 11.3. The first-order chi connectivity index (χ1) is 16.0. The molecule has 1 aromatic heterocycles. The van der Waals surface area contributed by atoms with Crippen molar-refractivity contribution in [3.05, 3.63) is 40.2 Å². The highest BCUT2D eigenvalue weighted by Gasteiger charge is 2.69. The normalized spacial score (nSPS) is 29.0. The largest absolute Gasteiger partial charge is 0.356 e. The van der Waals surface area contributed by atoms with Crippen molar-refractivity contribution in [2.45, 2.75) is 45.1 Å². The molecule has 1 spiro atoms. The Bertz CT molecular complexity index is 922. The number of hydrogen-bond donors (Lipinski definition) is 2. The fraction of sp³-hybridized carbons (Fsp3) is 0.640. The second-order valence-electron chi connectivity index (χ2n) is 10.1. The van der Waals surface area contributed by atoms with E-state index in [0.717, 1.165) is 37.8 Å². The topological polar surface area (TPSA) is 74.3 Å². The van der Waals surface area contributed by atoms with E-state index in [2.05, 4.69) is 32.7 Å². The van der Waals surface area contributed by atoms with Gasteiger partial charge in [-0.3, -0.25) is 9.59 Å².